The van der Waals surface area contributed by atoms with Gasteiger partial charge >= 0.3 is 5.97 Å². The Hall–Kier alpha value is -1.84. The van der Waals surface area contributed by atoms with Crippen molar-refractivity contribution in [3.05, 3.63) is 21.4 Å². The minimum absolute atomic E-state index is 0.0617. The predicted octanol–water partition coefficient (Wildman–Crippen LogP) is 1.39. The van der Waals surface area contributed by atoms with E-state index in [9.17, 15) is 9.59 Å². The van der Waals surface area contributed by atoms with Crippen LogP contribution in [0.5, 0.6) is 0 Å². The zero-order valence-corrected chi connectivity index (χ0v) is 13.5. The Morgan fingerprint density at radius 3 is 2.67 bits per heavy atom. The number of ether oxygens (including phenoxy) is 1. The van der Waals surface area contributed by atoms with E-state index in [0.29, 0.717) is 4.88 Å². The van der Waals surface area contributed by atoms with Gasteiger partial charge in [0.1, 0.15) is 6.54 Å². The molecule has 1 aromatic rings. The predicted molar refractivity (Wildman–Crippen MR) is 83.2 cm³/mol. The van der Waals surface area contributed by atoms with Crippen LogP contribution in [0.2, 0.25) is 0 Å². The second-order valence-electron chi connectivity index (χ2n) is 4.73. The number of hydrogen-bond donors (Lipinski definition) is 1. The number of rotatable bonds is 4. The van der Waals surface area contributed by atoms with Gasteiger partial charge in [-0.05, 0) is 32.4 Å². The van der Waals surface area contributed by atoms with Gasteiger partial charge in [0.15, 0.2) is 0 Å². The van der Waals surface area contributed by atoms with Crippen molar-refractivity contribution in [3.63, 3.8) is 0 Å². The second-order valence-corrected chi connectivity index (χ2v) is 5.78. The molecule has 0 saturated carbocycles. The third-order valence-corrected chi connectivity index (χ3v) is 3.98. The average Bonchev–Trinajstić information content (AvgIpc) is 2.82. The molecule has 21 heavy (non-hydrogen) atoms. The topological polar surface area (TPSA) is 72.6 Å². The van der Waals surface area contributed by atoms with Crippen LogP contribution >= 0.6 is 11.3 Å². The Bertz CT molecular complexity index is 581. The highest BCUT2D eigenvalue weighted by Gasteiger charge is 2.23. The van der Waals surface area contributed by atoms with Crippen LogP contribution in [0.3, 0.4) is 0 Å². The number of aryl methyl sites for hydroxylation is 1. The molecular weight excluding hydrogens is 288 g/mol. The largest absolute Gasteiger partial charge is 0.468 e. The van der Waals surface area contributed by atoms with Crippen molar-refractivity contribution in [1.82, 2.24) is 4.90 Å². The number of nitrogens with zero attached hydrogens (tertiary/aromatic N) is 1. The molecule has 0 bridgehead atoms. The molecule has 0 aliphatic heterocycles. The maximum absolute atomic E-state index is 12.5. The molecule has 114 valence electrons. The quantitative estimate of drug-likeness (QED) is 0.674. The third kappa shape index (κ3) is 4.59. The normalized spacial score (nSPS) is 10.0. The van der Waals surface area contributed by atoms with Gasteiger partial charge in [-0.1, -0.05) is 11.8 Å². The lowest BCUT2D eigenvalue weighted by molar-refractivity contribution is -0.141. The fraction of sp³-hybridized carbons (Fsp3) is 0.467. The highest BCUT2D eigenvalue weighted by Crippen LogP contribution is 2.23. The fourth-order valence-electron chi connectivity index (χ4n) is 1.68. The summed E-state index contributed by atoms with van der Waals surface area (Å²) in [5.41, 5.74) is 6.29. The van der Waals surface area contributed by atoms with Crippen LogP contribution < -0.4 is 5.73 Å². The number of esters is 1. The van der Waals surface area contributed by atoms with E-state index in [0.717, 1.165) is 10.4 Å². The summed E-state index contributed by atoms with van der Waals surface area (Å²) in [7, 11) is 1.31. The molecule has 1 amide bonds. The first-order valence-electron chi connectivity index (χ1n) is 6.57. The molecule has 2 N–H and O–H groups in total. The Balaban J connectivity index is 3.01. The standard InChI is InChI=1S/C15H20N2O3S/c1-10(2)17(9-14(18)20-4)15(19)13-8-11(3)12(21-13)6-5-7-16/h8,10H,7,9,16H2,1-4H3. The number of methoxy groups -OCH3 is 1. The molecule has 0 aliphatic carbocycles. The van der Waals surface area contributed by atoms with E-state index < -0.39 is 5.97 Å². The third-order valence-electron chi connectivity index (χ3n) is 2.84. The van der Waals surface area contributed by atoms with Crippen molar-refractivity contribution in [2.75, 3.05) is 20.2 Å². The van der Waals surface area contributed by atoms with Gasteiger partial charge in [-0.3, -0.25) is 9.59 Å². The lowest BCUT2D eigenvalue weighted by atomic mass is 10.2. The Morgan fingerprint density at radius 2 is 2.14 bits per heavy atom. The Labute approximate surface area is 129 Å². The van der Waals surface area contributed by atoms with E-state index in [4.69, 9.17) is 5.73 Å². The minimum atomic E-state index is -0.437. The summed E-state index contributed by atoms with van der Waals surface area (Å²) in [5.74, 6) is 5.10. The molecule has 0 fully saturated rings. The van der Waals surface area contributed by atoms with Gasteiger partial charge in [0.05, 0.1) is 23.4 Å². The van der Waals surface area contributed by atoms with Crippen molar-refractivity contribution in [1.29, 1.82) is 0 Å². The molecule has 1 aromatic heterocycles. The zero-order chi connectivity index (χ0) is 16.0. The van der Waals surface area contributed by atoms with E-state index in [-0.39, 0.29) is 25.0 Å². The number of nitrogens with two attached hydrogens (primary N) is 1. The van der Waals surface area contributed by atoms with Crippen LogP contribution in [0.15, 0.2) is 6.07 Å². The zero-order valence-electron chi connectivity index (χ0n) is 12.7. The van der Waals surface area contributed by atoms with Crippen LogP contribution in [0, 0.1) is 18.8 Å². The number of amides is 1. The molecular formula is C15H20N2O3S. The minimum Gasteiger partial charge on any atom is -0.468 e. The van der Waals surface area contributed by atoms with E-state index >= 15 is 0 Å². The fourth-order valence-corrected chi connectivity index (χ4v) is 2.68. The maximum atomic E-state index is 12.5. The molecule has 6 heteroatoms. The number of carbonyl (C=O) groups is 2. The lowest BCUT2D eigenvalue weighted by Gasteiger charge is -2.24. The van der Waals surface area contributed by atoms with Crippen LogP contribution in [0.25, 0.3) is 0 Å². The number of hydrogen-bond acceptors (Lipinski definition) is 5. The van der Waals surface area contributed by atoms with Gasteiger partial charge < -0.3 is 15.4 Å². The molecule has 0 radical (unpaired) electrons. The highest BCUT2D eigenvalue weighted by atomic mass is 32.1. The Morgan fingerprint density at radius 1 is 1.48 bits per heavy atom. The summed E-state index contributed by atoms with van der Waals surface area (Å²) in [6, 6.07) is 1.69. The van der Waals surface area contributed by atoms with Gasteiger partial charge in [-0.15, -0.1) is 11.3 Å². The van der Waals surface area contributed by atoms with Gasteiger partial charge in [0.2, 0.25) is 0 Å². The summed E-state index contributed by atoms with van der Waals surface area (Å²) >= 11 is 1.32. The molecule has 1 rings (SSSR count). The van der Waals surface area contributed by atoms with Crippen molar-refractivity contribution >= 4 is 23.2 Å². The second kappa shape index (κ2) is 7.81. The molecule has 5 nitrogen and oxygen atoms in total. The van der Waals surface area contributed by atoms with Crippen LogP contribution in [0.4, 0.5) is 0 Å². The SMILES string of the molecule is COC(=O)CN(C(=O)c1cc(C)c(C#CCN)s1)C(C)C. The first-order valence-corrected chi connectivity index (χ1v) is 7.39. The number of thiophene rings is 1. The summed E-state index contributed by atoms with van der Waals surface area (Å²) in [5, 5.41) is 0. The molecule has 1 heterocycles. The average molecular weight is 308 g/mol. The van der Waals surface area contributed by atoms with Crippen LogP contribution in [0.1, 0.15) is 34.0 Å². The van der Waals surface area contributed by atoms with E-state index in [1.54, 1.807) is 6.07 Å². The van der Waals surface area contributed by atoms with Crippen LogP contribution in [-0.2, 0) is 9.53 Å². The van der Waals surface area contributed by atoms with E-state index in [1.165, 1.54) is 23.3 Å². The van der Waals surface area contributed by atoms with E-state index in [1.807, 2.05) is 20.8 Å². The first-order chi connectivity index (χ1) is 9.90. The van der Waals surface area contributed by atoms with Gasteiger partial charge in [0.25, 0.3) is 5.91 Å². The van der Waals surface area contributed by atoms with Gasteiger partial charge in [-0.25, -0.2) is 0 Å². The van der Waals surface area contributed by atoms with Crippen LogP contribution in [-0.4, -0.2) is 43.0 Å². The van der Waals surface area contributed by atoms with E-state index in [2.05, 4.69) is 16.6 Å². The molecule has 0 saturated heterocycles. The molecule has 0 aromatic carbocycles. The first kappa shape index (κ1) is 17.2. The molecule has 0 atom stereocenters. The van der Waals surface area contributed by atoms with Crippen molar-refractivity contribution in [3.8, 4) is 11.8 Å². The maximum Gasteiger partial charge on any atom is 0.325 e. The molecule has 0 unspecified atom stereocenters. The van der Waals surface area contributed by atoms with Crippen molar-refractivity contribution in [2.45, 2.75) is 26.8 Å². The van der Waals surface area contributed by atoms with Crippen molar-refractivity contribution in [2.24, 2.45) is 5.73 Å². The monoisotopic (exact) mass is 308 g/mol. The van der Waals surface area contributed by atoms with Gasteiger partial charge in [-0.2, -0.15) is 0 Å². The highest BCUT2D eigenvalue weighted by molar-refractivity contribution is 7.14. The van der Waals surface area contributed by atoms with Gasteiger partial charge in [0, 0.05) is 6.04 Å². The smallest absolute Gasteiger partial charge is 0.325 e. The summed E-state index contributed by atoms with van der Waals surface area (Å²) in [6.45, 7) is 5.83. The summed E-state index contributed by atoms with van der Waals surface area (Å²) in [4.78, 5) is 26.8. The van der Waals surface area contributed by atoms with Crippen molar-refractivity contribution < 1.29 is 14.3 Å². The molecule has 0 aliphatic rings. The number of carbonyl (C=O) groups excluding carboxylic acids is 2. The summed E-state index contributed by atoms with van der Waals surface area (Å²) < 4.78 is 4.63. The molecule has 0 spiro atoms. The lowest BCUT2D eigenvalue weighted by Crippen LogP contribution is -2.40. The Kier molecular flexibility index (Phi) is 6.40. The summed E-state index contributed by atoms with van der Waals surface area (Å²) in [6.07, 6.45) is 0.